The van der Waals surface area contributed by atoms with Gasteiger partial charge in [0.1, 0.15) is 0 Å². The highest BCUT2D eigenvalue weighted by atomic mass is 35.5. The Kier molecular flexibility index (Phi) is 3.49. The number of anilines is 2. The van der Waals surface area contributed by atoms with E-state index in [4.69, 9.17) is 11.6 Å². The Morgan fingerprint density at radius 2 is 2.08 bits per heavy atom. The van der Waals surface area contributed by atoms with Gasteiger partial charge < -0.3 is 9.80 Å². The number of rotatable bonds is 1. The molecular formula is C18H19ClN4O. The number of amides is 1. The highest BCUT2D eigenvalue weighted by molar-refractivity contribution is 6.30. The molecule has 4 rings (SSSR count). The first-order valence-electron chi connectivity index (χ1n) is 8.10. The predicted molar refractivity (Wildman–Crippen MR) is 93.8 cm³/mol. The standard InChI is InChI=1S/C18H19ClN4O/c1-12-8-21-17(9-20-12)23-11-18(5-6-22(10-18)13(2)24)15-7-14(19)3-4-16(15)23/h3-4,7-9H,5-6,10-11H2,1-2H3. The van der Waals surface area contributed by atoms with Crippen LogP contribution in [-0.2, 0) is 10.2 Å². The number of hydrogen-bond donors (Lipinski definition) is 0. The minimum absolute atomic E-state index is 0.0849. The molecule has 1 saturated heterocycles. The summed E-state index contributed by atoms with van der Waals surface area (Å²) in [5, 5.41) is 0.728. The molecule has 1 aromatic carbocycles. The van der Waals surface area contributed by atoms with Crippen molar-refractivity contribution < 1.29 is 4.79 Å². The molecule has 3 heterocycles. The molecule has 6 heteroatoms. The van der Waals surface area contributed by atoms with E-state index in [1.165, 1.54) is 5.56 Å². The van der Waals surface area contributed by atoms with Crippen LogP contribution in [0.2, 0.25) is 5.02 Å². The summed E-state index contributed by atoms with van der Waals surface area (Å²) in [4.78, 5) is 24.9. The van der Waals surface area contributed by atoms with Crippen LogP contribution in [0.4, 0.5) is 11.5 Å². The molecule has 0 radical (unpaired) electrons. The Hall–Kier alpha value is -2.14. The second-order valence-corrected chi connectivity index (χ2v) is 7.17. The van der Waals surface area contributed by atoms with Crippen molar-refractivity contribution in [3.8, 4) is 0 Å². The van der Waals surface area contributed by atoms with Crippen LogP contribution in [0.3, 0.4) is 0 Å². The zero-order chi connectivity index (χ0) is 16.9. The fraction of sp³-hybridized carbons (Fsp3) is 0.389. The molecule has 124 valence electrons. The predicted octanol–water partition coefficient (Wildman–Crippen LogP) is 3.08. The Balaban J connectivity index is 1.78. The second-order valence-electron chi connectivity index (χ2n) is 6.73. The Bertz CT molecular complexity index is 807. The zero-order valence-corrected chi connectivity index (χ0v) is 14.5. The average molecular weight is 343 g/mol. The van der Waals surface area contributed by atoms with Crippen molar-refractivity contribution >= 4 is 29.0 Å². The maximum absolute atomic E-state index is 11.8. The Morgan fingerprint density at radius 3 is 2.75 bits per heavy atom. The van der Waals surface area contributed by atoms with Crippen LogP contribution in [0.5, 0.6) is 0 Å². The SMILES string of the molecule is CC(=O)N1CCC2(C1)CN(c1cnc(C)cn1)c1ccc(Cl)cc12. The lowest BCUT2D eigenvalue weighted by Crippen LogP contribution is -2.36. The van der Waals surface area contributed by atoms with E-state index < -0.39 is 0 Å². The number of aromatic nitrogens is 2. The van der Waals surface area contributed by atoms with Crippen LogP contribution in [0, 0.1) is 6.92 Å². The van der Waals surface area contributed by atoms with Gasteiger partial charge in [-0.15, -0.1) is 0 Å². The van der Waals surface area contributed by atoms with E-state index in [-0.39, 0.29) is 11.3 Å². The number of hydrogen-bond acceptors (Lipinski definition) is 4. The van der Waals surface area contributed by atoms with Gasteiger partial charge in [-0.25, -0.2) is 4.98 Å². The third-order valence-corrected chi connectivity index (χ3v) is 5.36. The lowest BCUT2D eigenvalue weighted by molar-refractivity contribution is -0.127. The molecule has 2 aliphatic heterocycles. The molecule has 2 aliphatic rings. The summed E-state index contributed by atoms with van der Waals surface area (Å²) in [6.45, 7) is 5.87. The molecule has 1 amide bonds. The summed E-state index contributed by atoms with van der Waals surface area (Å²) < 4.78 is 0. The fourth-order valence-electron chi connectivity index (χ4n) is 3.86. The molecule has 2 aromatic rings. The summed E-state index contributed by atoms with van der Waals surface area (Å²) in [6, 6.07) is 6.00. The number of nitrogens with zero attached hydrogens (tertiary/aromatic N) is 4. The van der Waals surface area contributed by atoms with Gasteiger partial charge in [-0.2, -0.15) is 0 Å². The van der Waals surface area contributed by atoms with Crippen LogP contribution in [0.1, 0.15) is 24.6 Å². The largest absolute Gasteiger partial charge is 0.342 e. The van der Waals surface area contributed by atoms with Gasteiger partial charge in [-0.1, -0.05) is 11.6 Å². The van der Waals surface area contributed by atoms with Gasteiger partial charge in [0.05, 0.1) is 18.1 Å². The molecule has 1 unspecified atom stereocenters. The number of likely N-dealkylation sites (tertiary alicyclic amines) is 1. The van der Waals surface area contributed by atoms with E-state index in [2.05, 4.69) is 14.9 Å². The lowest BCUT2D eigenvalue weighted by Gasteiger charge is -2.25. The van der Waals surface area contributed by atoms with Crippen LogP contribution in [-0.4, -0.2) is 40.4 Å². The van der Waals surface area contributed by atoms with Crippen molar-refractivity contribution in [1.29, 1.82) is 0 Å². The molecule has 0 aliphatic carbocycles. The molecule has 1 aromatic heterocycles. The number of aryl methyl sites for hydroxylation is 1. The van der Waals surface area contributed by atoms with Gasteiger partial charge in [0.25, 0.3) is 0 Å². The highest BCUT2D eigenvalue weighted by Gasteiger charge is 2.48. The van der Waals surface area contributed by atoms with E-state index in [9.17, 15) is 4.79 Å². The second kappa shape index (κ2) is 5.45. The summed E-state index contributed by atoms with van der Waals surface area (Å²) in [5.41, 5.74) is 3.13. The summed E-state index contributed by atoms with van der Waals surface area (Å²) >= 11 is 6.27. The molecule has 24 heavy (non-hydrogen) atoms. The lowest BCUT2D eigenvalue weighted by atomic mass is 9.81. The number of halogens is 1. The third-order valence-electron chi connectivity index (χ3n) is 5.12. The first-order valence-corrected chi connectivity index (χ1v) is 8.48. The minimum atomic E-state index is -0.0849. The molecule has 0 N–H and O–H groups in total. The third kappa shape index (κ3) is 2.35. The van der Waals surface area contributed by atoms with Crippen molar-refractivity contribution in [2.24, 2.45) is 0 Å². The maximum atomic E-state index is 11.8. The fourth-order valence-corrected chi connectivity index (χ4v) is 4.03. The van der Waals surface area contributed by atoms with Crippen LogP contribution >= 0.6 is 11.6 Å². The van der Waals surface area contributed by atoms with E-state index in [1.807, 2.05) is 36.2 Å². The van der Waals surface area contributed by atoms with Crippen molar-refractivity contribution in [2.45, 2.75) is 25.7 Å². The Labute approximate surface area is 146 Å². The highest BCUT2D eigenvalue weighted by Crippen LogP contribution is 2.49. The molecule has 1 spiro atoms. The van der Waals surface area contributed by atoms with E-state index >= 15 is 0 Å². The van der Waals surface area contributed by atoms with Crippen molar-refractivity contribution in [2.75, 3.05) is 24.5 Å². The molecular weight excluding hydrogens is 324 g/mol. The molecule has 1 atom stereocenters. The minimum Gasteiger partial charge on any atom is -0.342 e. The molecule has 5 nitrogen and oxygen atoms in total. The number of fused-ring (bicyclic) bond motifs is 2. The van der Waals surface area contributed by atoms with E-state index in [0.717, 1.165) is 48.3 Å². The van der Waals surface area contributed by atoms with Crippen molar-refractivity contribution in [1.82, 2.24) is 14.9 Å². The monoisotopic (exact) mass is 342 g/mol. The summed E-state index contributed by atoms with van der Waals surface area (Å²) in [5.74, 6) is 0.964. The normalized spacial score (nSPS) is 22.3. The van der Waals surface area contributed by atoms with Gasteiger partial charge in [-0.3, -0.25) is 9.78 Å². The summed E-state index contributed by atoms with van der Waals surface area (Å²) in [6.07, 6.45) is 4.53. The van der Waals surface area contributed by atoms with Crippen molar-refractivity contribution in [3.63, 3.8) is 0 Å². The van der Waals surface area contributed by atoms with Crippen LogP contribution in [0.15, 0.2) is 30.6 Å². The summed E-state index contributed by atoms with van der Waals surface area (Å²) in [7, 11) is 0. The van der Waals surface area contributed by atoms with Crippen molar-refractivity contribution in [3.05, 3.63) is 46.9 Å². The van der Waals surface area contributed by atoms with Gasteiger partial charge in [0, 0.05) is 42.7 Å². The number of benzene rings is 1. The number of carbonyl (C=O) groups is 1. The molecule has 0 bridgehead atoms. The zero-order valence-electron chi connectivity index (χ0n) is 13.8. The number of carbonyl (C=O) groups excluding carboxylic acids is 1. The maximum Gasteiger partial charge on any atom is 0.219 e. The first kappa shape index (κ1) is 15.4. The first-order chi connectivity index (χ1) is 11.5. The van der Waals surface area contributed by atoms with Gasteiger partial charge in [0.2, 0.25) is 5.91 Å². The van der Waals surface area contributed by atoms with E-state index in [1.54, 1.807) is 13.1 Å². The van der Waals surface area contributed by atoms with Crippen LogP contribution < -0.4 is 4.90 Å². The van der Waals surface area contributed by atoms with E-state index in [0.29, 0.717) is 0 Å². The van der Waals surface area contributed by atoms with Gasteiger partial charge >= 0.3 is 0 Å². The van der Waals surface area contributed by atoms with Gasteiger partial charge in [-0.05, 0) is 37.1 Å². The van der Waals surface area contributed by atoms with Crippen LogP contribution in [0.25, 0.3) is 0 Å². The molecule has 0 saturated carbocycles. The van der Waals surface area contributed by atoms with Gasteiger partial charge in [0.15, 0.2) is 5.82 Å². The molecule has 1 fully saturated rings. The smallest absolute Gasteiger partial charge is 0.219 e. The quantitative estimate of drug-likeness (QED) is 0.799. The topological polar surface area (TPSA) is 49.3 Å². The Morgan fingerprint density at radius 1 is 1.25 bits per heavy atom. The average Bonchev–Trinajstić information content (AvgIpc) is 3.12.